The van der Waals surface area contributed by atoms with Gasteiger partial charge in [-0.15, -0.1) is 5.10 Å². The van der Waals surface area contributed by atoms with Gasteiger partial charge in [-0.3, -0.25) is 0 Å². The molecule has 1 aliphatic heterocycles. The monoisotopic (exact) mass is 392 g/mol. The van der Waals surface area contributed by atoms with Gasteiger partial charge < -0.3 is 15.5 Å². The van der Waals surface area contributed by atoms with Crippen molar-refractivity contribution in [2.45, 2.75) is 11.7 Å². The summed E-state index contributed by atoms with van der Waals surface area (Å²) in [5, 5.41) is 30.9. The summed E-state index contributed by atoms with van der Waals surface area (Å²) < 4.78 is 0. The van der Waals surface area contributed by atoms with E-state index in [-0.39, 0.29) is 16.9 Å². The number of benzene rings is 2. The molecule has 7 heteroatoms. The van der Waals surface area contributed by atoms with E-state index in [9.17, 15) is 10.2 Å². The van der Waals surface area contributed by atoms with Crippen LogP contribution in [0.1, 0.15) is 17.5 Å². The summed E-state index contributed by atoms with van der Waals surface area (Å²) in [7, 11) is 0. The number of nitrogens with zero attached hydrogens (tertiary/aromatic N) is 3. The molecular weight excluding hydrogens is 372 g/mol. The Morgan fingerprint density at radius 2 is 1.86 bits per heavy atom. The van der Waals surface area contributed by atoms with E-state index in [1.807, 2.05) is 42.5 Å². The zero-order valence-electron chi connectivity index (χ0n) is 15.1. The van der Waals surface area contributed by atoms with Crippen LogP contribution in [-0.4, -0.2) is 32.7 Å². The fourth-order valence-corrected chi connectivity index (χ4v) is 3.40. The minimum absolute atomic E-state index is 0.00791. The topological polar surface area (TPSA) is 89.6 Å². The SMILES string of the molecule is C=C(CC1S/C(=N\N=C\c2ccccc2)N=C1O)Nc1ccc(C(=C)O)cc1. The molecule has 2 aromatic rings. The summed E-state index contributed by atoms with van der Waals surface area (Å²) in [6, 6.07) is 16.8. The minimum atomic E-state index is -0.262. The molecule has 0 amide bonds. The van der Waals surface area contributed by atoms with Crippen molar-refractivity contribution in [2.24, 2.45) is 15.2 Å². The Morgan fingerprint density at radius 3 is 2.54 bits per heavy atom. The molecule has 6 nitrogen and oxygen atoms in total. The Morgan fingerprint density at radius 1 is 1.14 bits per heavy atom. The van der Waals surface area contributed by atoms with Gasteiger partial charge in [0.05, 0.1) is 11.5 Å². The van der Waals surface area contributed by atoms with Crippen LogP contribution in [0.3, 0.4) is 0 Å². The number of hydrogen-bond acceptors (Lipinski definition) is 5. The maximum absolute atomic E-state index is 10.1. The molecule has 0 fully saturated rings. The van der Waals surface area contributed by atoms with Crippen LogP contribution in [0.25, 0.3) is 5.76 Å². The smallest absolute Gasteiger partial charge is 0.212 e. The lowest BCUT2D eigenvalue weighted by molar-refractivity contribution is 0.514. The molecule has 2 aromatic carbocycles. The van der Waals surface area contributed by atoms with Gasteiger partial charge in [-0.1, -0.05) is 55.3 Å². The Balaban J connectivity index is 1.54. The van der Waals surface area contributed by atoms with E-state index in [2.05, 4.69) is 33.7 Å². The number of amidine groups is 1. The highest BCUT2D eigenvalue weighted by Gasteiger charge is 2.27. The number of aliphatic imine (C=N–C) groups is 1. The summed E-state index contributed by atoms with van der Waals surface area (Å²) >= 11 is 1.34. The third-order valence-electron chi connectivity index (χ3n) is 3.87. The van der Waals surface area contributed by atoms with Crippen LogP contribution in [0.15, 0.2) is 88.6 Å². The molecule has 0 bridgehead atoms. The zero-order chi connectivity index (χ0) is 19.9. The first kappa shape index (κ1) is 19.4. The van der Waals surface area contributed by atoms with Gasteiger partial charge >= 0.3 is 0 Å². The zero-order valence-corrected chi connectivity index (χ0v) is 15.9. The summed E-state index contributed by atoms with van der Waals surface area (Å²) in [6.45, 7) is 7.50. The molecule has 3 N–H and O–H groups in total. The van der Waals surface area contributed by atoms with Crippen molar-refractivity contribution in [3.05, 3.63) is 84.6 Å². The predicted molar refractivity (Wildman–Crippen MR) is 118 cm³/mol. The lowest BCUT2D eigenvalue weighted by Crippen LogP contribution is -2.15. The van der Waals surface area contributed by atoms with Crippen molar-refractivity contribution in [3.8, 4) is 0 Å². The van der Waals surface area contributed by atoms with Gasteiger partial charge in [0.25, 0.3) is 0 Å². The van der Waals surface area contributed by atoms with Crippen molar-refractivity contribution in [2.75, 3.05) is 5.32 Å². The number of hydrogen-bond donors (Lipinski definition) is 3. The fraction of sp³-hybridized carbons (Fsp3) is 0.0952. The summed E-state index contributed by atoms with van der Waals surface area (Å²) in [5.41, 5.74) is 3.15. The maximum atomic E-state index is 10.1. The summed E-state index contributed by atoms with van der Waals surface area (Å²) in [5.74, 6) is 0.0316. The Labute approximate surface area is 167 Å². The van der Waals surface area contributed by atoms with E-state index in [0.29, 0.717) is 17.2 Å². The molecule has 0 saturated heterocycles. The fourth-order valence-electron chi connectivity index (χ4n) is 2.46. The normalized spacial score (nSPS) is 17.6. The molecule has 1 heterocycles. The molecule has 3 rings (SSSR count). The molecule has 0 radical (unpaired) electrons. The molecule has 0 saturated carbocycles. The highest BCUT2D eigenvalue weighted by atomic mass is 32.2. The maximum Gasteiger partial charge on any atom is 0.212 e. The number of anilines is 1. The van der Waals surface area contributed by atoms with Crippen molar-refractivity contribution in [1.29, 1.82) is 0 Å². The van der Waals surface area contributed by atoms with E-state index >= 15 is 0 Å². The first-order valence-corrected chi connectivity index (χ1v) is 9.42. The molecule has 1 unspecified atom stereocenters. The van der Waals surface area contributed by atoms with Gasteiger partial charge in [0, 0.05) is 23.4 Å². The molecular formula is C21H20N4O2S. The second kappa shape index (κ2) is 9.05. The molecule has 28 heavy (non-hydrogen) atoms. The van der Waals surface area contributed by atoms with Gasteiger partial charge in [-0.2, -0.15) is 10.1 Å². The van der Waals surface area contributed by atoms with Gasteiger partial charge in [0.2, 0.25) is 11.1 Å². The van der Waals surface area contributed by atoms with Crippen molar-refractivity contribution < 1.29 is 10.2 Å². The number of aliphatic hydroxyl groups excluding tert-OH is 2. The third-order valence-corrected chi connectivity index (χ3v) is 4.91. The third kappa shape index (κ3) is 5.34. The van der Waals surface area contributed by atoms with Crippen LogP contribution in [0.5, 0.6) is 0 Å². The Hall–Kier alpha value is -3.32. The van der Waals surface area contributed by atoms with Crippen molar-refractivity contribution in [1.82, 2.24) is 0 Å². The standard InChI is InChI=1S/C21H20N4O2S/c1-14(23-18-10-8-17(9-11-18)15(2)26)12-19-20(27)24-21(28-19)25-22-13-16-6-4-3-5-7-16/h3-11,13,19,23,26H,1-2,12H2,(H,24,25,27)/b22-13+. The largest absolute Gasteiger partial charge is 0.508 e. The highest BCUT2D eigenvalue weighted by molar-refractivity contribution is 8.15. The van der Waals surface area contributed by atoms with Crippen LogP contribution >= 0.6 is 11.8 Å². The molecule has 142 valence electrons. The second-order valence-electron chi connectivity index (χ2n) is 6.07. The van der Waals surface area contributed by atoms with Gasteiger partial charge in [-0.25, -0.2) is 0 Å². The Bertz CT molecular complexity index is 950. The number of thioether (sulfide) groups is 1. The van der Waals surface area contributed by atoms with Crippen molar-refractivity contribution >= 4 is 40.5 Å². The predicted octanol–water partition coefficient (Wildman–Crippen LogP) is 4.99. The molecule has 1 aliphatic rings. The van der Waals surface area contributed by atoms with Crippen LogP contribution in [0.4, 0.5) is 5.69 Å². The molecule has 0 aromatic heterocycles. The number of allylic oxidation sites excluding steroid dienone is 1. The lowest BCUT2D eigenvalue weighted by atomic mass is 10.1. The molecule has 0 spiro atoms. The van der Waals surface area contributed by atoms with Gasteiger partial charge in [0.15, 0.2) is 0 Å². The van der Waals surface area contributed by atoms with Gasteiger partial charge in [-0.05, 0) is 29.8 Å². The number of aliphatic hydroxyl groups is 2. The summed E-state index contributed by atoms with van der Waals surface area (Å²) in [6.07, 6.45) is 2.12. The van der Waals surface area contributed by atoms with E-state index in [1.165, 1.54) is 11.8 Å². The second-order valence-corrected chi connectivity index (χ2v) is 7.24. The highest BCUT2D eigenvalue weighted by Crippen LogP contribution is 2.28. The van der Waals surface area contributed by atoms with E-state index in [0.717, 1.165) is 16.9 Å². The van der Waals surface area contributed by atoms with Crippen LogP contribution in [0.2, 0.25) is 0 Å². The molecule has 0 aliphatic carbocycles. The number of nitrogens with one attached hydrogen (secondary N) is 1. The van der Waals surface area contributed by atoms with Crippen LogP contribution in [0, 0.1) is 0 Å². The van der Waals surface area contributed by atoms with E-state index < -0.39 is 0 Å². The van der Waals surface area contributed by atoms with Crippen LogP contribution < -0.4 is 5.32 Å². The Kier molecular flexibility index (Phi) is 6.29. The lowest BCUT2D eigenvalue weighted by Gasteiger charge is -2.13. The van der Waals surface area contributed by atoms with Crippen molar-refractivity contribution in [3.63, 3.8) is 0 Å². The molecule has 1 atom stereocenters. The average molecular weight is 392 g/mol. The first-order valence-electron chi connectivity index (χ1n) is 8.54. The van der Waals surface area contributed by atoms with E-state index in [1.54, 1.807) is 18.3 Å². The minimum Gasteiger partial charge on any atom is -0.508 e. The first-order chi connectivity index (χ1) is 13.5. The average Bonchev–Trinajstić information content (AvgIpc) is 3.02. The number of rotatable bonds is 7. The summed E-state index contributed by atoms with van der Waals surface area (Å²) in [4.78, 5) is 4.06. The van der Waals surface area contributed by atoms with Crippen LogP contribution in [-0.2, 0) is 0 Å². The van der Waals surface area contributed by atoms with Gasteiger partial charge in [0.1, 0.15) is 5.76 Å². The quantitative estimate of drug-likeness (QED) is 0.352. The van der Waals surface area contributed by atoms with E-state index in [4.69, 9.17) is 0 Å².